The Bertz CT molecular complexity index is 472. The van der Waals surface area contributed by atoms with Gasteiger partial charge in [-0.25, -0.2) is 0 Å². The first-order valence-corrected chi connectivity index (χ1v) is 6.23. The summed E-state index contributed by atoms with van der Waals surface area (Å²) in [5.74, 6) is -0.511. The van der Waals surface area contributed by atoms with Crippen LogP contribution in [0.1, 0.15) is 17.3 Å². The fourth-order valence-corrected chi connectivity index (χ4v) is 1.60. The number of halogens is 1. The van der Waals surface area contributed by atoms with E-state index in [0.717, 1.165) is 10.0 Å². The number of rotatable bonds is 5. The Morgan fingerprint density at radius 1 is 1.28 bits per heavy atom. The Kier molecular flexibility index (Phi) is 5.58. The van der Waals surface area contributed by atoms with Gasteiger partial charge in [-0.15, -0.1) is 0 Å². The van der Waals surface area contributed by atoms with Gasteiger partial charge in [-0.1, -0.05) is 34.1 Å². The van der Waals surface area contributed by atoms with E-state index in [-0.39, 0.29) is 18.4 Å². The molecule has 0 unspecified atom stereocenters. The number of benzene rings is 1. The van der Waals surface area contributed by atoms with Crippen LogP contribution < -0.4 is 10.6 Å². The third-order valence-corrected chi connectivity index (χ3v) is 2.58. The summed E-state index contributed by atoms with van der Waals surface area (Å²) in [6.07, 6.45) is 0. The van der Waals surface area contributed by atoms with Crippen LogP contribution in [0.5, 0.6) is 0 Å². The standard InChI is InChI=1S/C13H15BrN2O2/c1-9(2)7-15-12(17)8-16-13(18)10-4-3-5-11(14)6-10/h3-6H,1,7-8H2,2H3,(H,15,17)(H,16,18). The molecule has 2 amide bonds. The predicted octanol–water partition coefficient (Wildman–Crippen LogP) is 1.87. The number of amides is 2. The van der Waals surface area contributed by atoms with Crippen LogP contribution in [0.3, 0.4) is 0 Å². The Morgan fingerprint density at radius 2 is 2.00 bits per heavy atom. The van der Waals surface area contributed by atoms with E-state index in [1.54, 1.807) is 18.2 Å². The average Bonchev–Trinajstić information content (AvgIpc) is 2.33. The summed E-state index contributed by atoms with van der Waals surface area (Å²) in [7, 11) is 0. The number of hydrogen-bond donors (Lipinski definition) is 2. The van der Waals surface area contributed by atoms with Crippen molar-refractivity contribution in [3.05, 3.63) is 46.5 Å². The van der Waals surface area contributed by atoms with Crippen LogP contribution in [0, 0.1) is 0 Å². The summed E-state index contributed by atoms with van der Waals surface area (Å²) < 4.78 is 0.821. The van der Waals surface area contributed by atoms with Crippen molar-refractivity contribution in [2.24, 2.45) is 0 Å². The Morgan fingerprint density at radius 3 is 2.61 bits per heavy atom. The van der Waals surface area contributed by atoms with Crippen molar-refractivity contribution in [2.75, 3.05) is 13.1 Å². The number of carbonyl (C=O) groups excluding carboxylic acids is 2. The summed E-state index contributed by atoms with van der Waals surface area (Å²) in [4.78, 5) is 23.1. The second-order valence-corrected chi connectivity index (χ2v) is 4.84. The van der Waals surface area contributed by atoms with Gasteiger partial charge in [0.1, 0.15) is 0 Å². The molecular weight excluding hydrogens is 296 g/mol. The second-order valence-electron chi connectivity index (χ2n) is 3.93. The molecule has 18 heavy (non-hydrogen) atoms. The molecule has 0 aromatic heterocycles. The molecular formula is C13H15BrN2O2. The fourth-order valence-electron chi connectivity index (χ4n) is 1.20. The minimum absolute atomic E-state index is 0.0430. The van der Waals surface area contributed by atoms with Crippen molar-refractivity contribution in [3.8, 4) is 0 Å². The maximum absolute atomic E-state index is 11.7. The summed E-state index contributed by atoms with van der Waals surface area (Å²) in [5, 5.41) is 5.19. The van der Waals surface area contributed by atoms with E-state index in [0.29, 0.717) is 12.1 Å². The minimum atomic E-state index is -0.276. The smallest absolute Gasteiger partial charge is 0.251 e. The first-order valence-electron chi connectivity index (χ1n) is 5.44. The third-order valence-electron chi connectivity index (χ3n) is 2.08. The van der Waals surface area contributed by atoms with E-state index >= 15 is 0 Å². The first kappa shape index (κ1) is 14.4. The highest BCUT2D eigenvalue weighted by molar-refractivity contribution is 9.10. The highest BCUT2D eigenvalue weighted by Gasteiger charge is 2.07. The molecule has 0 fully saturated rings. The zero-order valence-electron chi connectivity index (χ0n) is 10.1. The van der Waals surface area contributed by atoms with E-state index in [9.17, 15) is 9.59 Å². The molecule has 5 heteroatoms. The van der Waals surface area contributed by atoms with Gasteiger partial charge in [-0.05, 0) is 25.1 Å². The van der Waals surface area contributed by atoms with Gasteiger partial charge in [0.05, 0.1) is 6.54 Å². The molecule has 0 bridgehead atoms. The molecule has 96 valence electrons. The Balaban J connectivity index is 2.42. The van der Waals surface area contributed by atoms with Gasteiger partial charge >= 0.3 is 0 Å². The molecule has 2 N–H and O–H groups in total. The number of hydrogen-bond acceptors (Lipinski definition) is 2. The number of nitrogens with one attached hydrogen (secondary N) is 2. The van der Waals surface area contributed by atoms with Gasteiger partial charge in [0.25, 0.3) is 5.91 Å². The third kappa shape index (κ3) is 5.14. The lowest BCUT2D eigenvalue weighted by molar-refractivity contribution is -0.119. The second kappa shape index (κ2) is 6.96. The largest absolute Gasteiger partial charge is 0.351 e. The van der Waals surface area contributed by atoms with Crippen LogP contribution in [-0.2, 0) is 4.79 Å². The minimum Gasteiger partial charge on any atom is -0.351 e. The van der Waals surface area contributed by atoms with Gasteiger partial charge in [-0.2, -0.15) is 0 Å². The lowest BCUT2D eigenvalue weighted by Gasteiger charge is -2.07. The molecule has 0 heterocycles. The average molecular weight is 311 g/mol. The maximum atomic E-state index is 11.7. The molecule has 4 nitrogen and oxygen atoms in total. The van der Waals surface area contributed by atoms with Gasteiger partial charge in [0.15, 0.2) is 0 Å². The maximum Gasteiger partial charge on any atom is 0.251 e. The van der Waals surface area contributed by atoms with Crippen LogP contribution in [0.15, 0.2) is 40.9 Å². The molecule has 1 rings (SSSR count). The summed E-state index contributed by atoms with van der Waals surface area (Å²) in [6, 6.07) is 6.98. The molecule has 0 saturated heterocycles. The van der Waals surface area contributed by atoms with Crippen LogP contribution in [0.25, 0.3) is 0 Å². The van der Waals surface area contributed by atoms with Crippen LogP contribution in [0.4, 0.5) is 0 Å². The topological polar surface area (TPSA) is 58.2 Å². The highest BCUT2D eigenvalue weighted by Crippen LogP contribution is 2.11. The molecule has 0 radical (unpaired) electrons. The van der Waals surface area contributed by atoms with Gasteiger partial charge in [0, 0.05) is 16.6 Å². The number of carbonyl (C=O) groups is 2. The molecule has 1 aromatic carbocycles. The molecule has 1 aromatic rings. The quantitative estimate of drug-likeness (QED) is 0.816. The van der Waals surface area contributed by atoms with E-state index < -0.39 is 0 Å². The molecule has 0 spiro atoms. The molecule has 0 aliphatic heterocycles. The van der Waals surface area contributed by atoms with Crippen molar-refractivity contribution in [1.29, 1.82) is 0 Å². The fraction of sp³-hybridized carbons (Fsp3) is 0.231. The van der Waals surface area contributed by atoms with E-state index in [1.807, 2.05) is 13.0 Å². The van der Waals surface area contributed by atoms with Gasteiger partial charge in [0.2, 0.25) is 5.91 Å². The monoisotopic (exact) mass is 310 g/mol. The zero-order valence-corrected chi connectivity index (χ0v) is 11.7. The van der Waals surface area contributed by atoms with Crippen molar-refractivity contribution in [2.45, 2.75) is 6.92 Å². The molecule has 0 aliphatic rings. The van der Waals surface area contributed by atoms with Crippen LogP contribution in [0.2, 0.25) is 0 Å². The normalized spacial score (nSPS) is 9.67. The van der Waals surface area contributed by atoms with Crippen molar-refractivity contribution in [3.63, 3.8) is 0 Å². The van der Waals surface area contributed by atoms with Crippen LogP contribution >= 0.6 is 15.9 Å². The Hall–Kier alpha value is -1.62. The van der Waals surface area contributed by atoms with E-state index in [4.69, 9.17) is 0 Å². The van der Waals surface area contributed by atoms with E-state index in [1.165, 1.54) is 0 Å². The lowest BCUT2D eigenvalue weighted by atomic mass is 10.2. The Labute approximate surface area is 115 Å². The zero-order chi connectivity index (χ0) is 13.5. The van der Waals surface area contributed by atoms with Gasteiger partial charge < -0.3 is 10.6 Å². The summed E-state index contributed by atoms with van der Waals surface area (Å²) in [5.41, 5.74) is 1.37. The lowest BCUT2D eigenvalue weighted by Crippen LogP contribution is -2.37. The predicted molar refractivity (Wildman–Crippen MR) is 74.3 cm³/mol. The van der Waals surface area contributed by atoms with Crippen molar-refractivity contribution < 1.29 is 9.59 Å². The summed E-state index contributed by atoms with van der Waals surface area (Å²) >= 11 is 3.28. The molecule has 0 atom stereocenters. The first-order chi connectivity index (χ1) is 8.49. The van der Waals surface area contributed by atoms with Crippen molar-refractivity contribution >= 4 is 27.7 Å². The highest BCUT2D eigenvalue weighted by atomic mass is 79.9. The molecule has 0 aliphatic carbocycles. The summed E-state index contributed by atoms with van der Waals surface area (Å²) in [6.45, 7) is 5.87. The van der Waals surface area contributed by atoms with E-state index in [2.05, 4.69) is 33.1 Å². The SMILES string of the molecule is C=C(C)CNC(=O)CNC(=O)c1cccc(Br)c1. The van der Waals surface area contributed by atoms with Crippen molar-refractivity contribution in [1.82, 2.24) is 10.6 Å². The molecule has 0 saturated carbocycles. The van der Waals surface area contributed by atoms with Crippen LogP contribution in [-0.4, -0.2) is 24.9 Å². The van der Waals surface area contributed by atoms with Gasteiger partial charge in [-0.3, -0.25) is 9.59 Å².